The summed E-state index contributed by atoms with van der Waals surface area (Å²) in [5, 5.41) is 0. The van der Waals surface area contributed by atoms with E-state index in [0.717, 1.165) is 6.42 Å². The van der Waals surface area contributed by atoms with Crippen molar-refractivity contribution in [2.45, 2.75) is 45.8 Å². The number of para-hydroxylation sites is 1. The second kappa shape index (κ2) is 6.68. The lowest BCUT2D eigenvalue weighted by atomic mass is 10.1. The summed E-state index contributed by atoms with van der Waals surface area (Å²) < 4.78 is 10.8. The van der Waals surface area contributed by atoms with Gasteiger partial charge in [0.2, 0.25) is 0 Å². The number of hydrogen-bond donors (Lipinski definition) is 1. The number of fused-ring (bicyclic) bond motifs is 1. The highest BCUT2D eigenvalue weighted by Crippen LogP contribution is 2.40. The van der Waals surface area contributed by atoms with Gasteiger partial charge in [0.15, 0.2) is 6.10 Å². The monoisotopic (exact) mass is 306 g/mol. The zero-order chi connectivity index (χ0) is 16.3. The van der Waals surface area contributed by atoms with Gasteiger partial charge < -0.3 is 15.2 Å². The van der Waals surface area contributed by atoms with Crippen LogP contribution >= 0.6 is 0 Å². The highest BCUT2D eigenvalue weighted by atomic mass is 16.5. The van der Waals surface area contributed by atoms with Crippen LogP contribution < -0.4 is 15.4 Å². The molecule has 2 rings (SSSR count). The Bertz CT molecular complexity index is 573. The molecule has 2 atom stereocenters. The number of nitrogens with zero attached hydrogens (tertiary/aromatic N) is 1. The largest absolute Gasteiger partial charge is 0.479 e. The molecular formula is C16H22N2O4. The van der Waals surface area contributed by atoms with Gasteiger partial charge in [-0.3, -0.25) is 9.69 Å². The van der Waals surface area contributed by atoms with Crippen molar-refractivity contribution in [3.05, 3.63) is 18.2 Å². The van der Waals surface area contributed by atoms with Crippen LogP contribution in [0.3, 0.4) is 0 Å². The summed E-state index contributed by atoms with van der Waals surface area (Å²) in [7, 11) is 0. The van der Waals surface area contributed by atoms with Crippen molar-refractivity contribution < 1.29 is 19.1 Å². The number of nitrogens with two attached hydrogens (primary N) is 1. The van der Waals surface area contributed by atoms with Gasteiger partial charge in [-0.1, -0.05) is 19.9 Å². The molecule has 2 unspecified atom stereocenters. The number of carbonyl (C=O) groups is 2. The molecule has 6 nitrogen and oxygen atoms in total. The number of nitrogen functional groups attached to an aromatic ring is 1. The van der Waals surface area contributed by atoms with E-state index < -0.39 is 18.1 Å². The molecule has 1 heterocycles. The molecule has 0 aromatic heterocycles. The minimum absolute atomic E-state index is 0.286. The van der Waals surface area contributed by atoms with E-state index in [2.05, 4.69) is 0 Å². The van der Waals surface area contributed by atoms with Crippen LogP contribution in [-0.2, 0) is 14.3 Å². The first-order valence-electron chi connectivity index (χ1n) is 7.56. The Morgan fingerprint density at radius 1 is 1.45 bits per heavy atom. The molecule has 1 aromatic carbocycles. The van der Waals surface area contributed by atoms with Crippen LogP contribution in [0.5, 0.6) is 5.75 Å². The molecule has 22 heavy (non-hydrogen) atoms. The van der Waals surface area contributed by atoms with Crippen LogP contribution in [0, 0.1) is 0 Å². The molecule has 0 saturated carbocycles. The minimum Gasteiger partial charge on any atom is -0.479 e. The fourth-order valence-corrected chi connectivity index (χ4v) is 2.50. The molecule has 0 saturated heterocycles. The molecular weight excluding hydrogens is 284 g/mol. The smallest absolute Gasteiger partial charge is 0.329 e. The summed E-state index contributed by atoms with van der Waals surface area (Å²) in [5.74, 6) is -0.194. The number of hydrogen-bond acceptors (Lipinski definition) is 5. The van der Waals surface area contributed by atoms with E-state index in [0.29, 0.717) is 30.2 Å². The molecule has 2 N–H and O–H groups in total. The van der Waals surface area contributed by atoms with Crippen LogP contribution in [0.2, 0.25) is 0 Å². The molecule has 0 fully saturated rings. The van der Waals surface area contributed by atoms with E-state index >= 15 is 0 Å². The topological polar surface area (TPSA) is 81.9 Å². The molecule has 0 bridgehead atoms. The average molecular weight is 306 g/mol. The lowest BCUT2D eigenvalue weighted by Gasteiger charge is -2.37. The number of ether oxygens (including phenoxy) is 2. The Balaban J connectivity index is 2.43. The molecule has 0 radical (unpaired) electrons. The maximum atomic E-state index is 12.6. The van der Waals surface area contributed by atoms with Crippen molar-refractivity contribution in [1.82, 2.24) is 0 Å². The van der Waals surface area contributed by atoms with Crippen molar-refractivity contribution in [3.63, 3.8) is 0 Å². The Kier molecular flexibility index (Phi) is 4.90. The number of esters is 1. The number of anilines is 2. The summed E-state index contributed by atoms with van der Waals surface area (Å²) in [6.45, 7) is 5.75. The summed E-state index contributed by atoms with van der Waals surface area (Å²) in [6, 6.07) is 4.48. The van der Waals surface area contributed by atoms with Gasteiger partial charge in [-0.05, 0) is 31.9 Å². The van der Waals surface area contributed by atoms with Gasteiger partial charge in [0, 0.05) is 0 Å². The van der Waals surface area contributed by atoms with E-state index in [4.69, 9.17) is 15.2 Å². The van der Waals surface area contributed by atoms with Gasteiger partial charge in [-0.2, -0.15) is 0 Å². The third-order valence-corrected chi connectivity index (χ3v) is 3.58. The Morgan fingerprint density at radius 3 is 2.82 bits per heavy atom. The number of benzene rings is 1. The molecule has 1 amide bonds. The lowest BCUT2D eigenvalue weighted by Crippen LogP contribution is -2.53. The minimum atomic E-state index is -0.700. The SMILES string of the molecule is CCCOC(=O)C(CC)N1C(=O)C(C)Oc2cccc(N)c21. The second-order valence-electron chi connectivity index (χ2n) is 5.25. The van der Waals surface area contributed by atoms with Gasteiger partial charge >= 0.3 is 5.97 Å². The van der Waals surface area contributed by atoms with E-state index in [1.807, 2.05) is 13.8 Å². The maximum absolute atomic E-state index is 12.6. The summed E-state index contributed by atoms with van der Waals surface area (Å²) >= 11 is 0. The van der Waals surface area contributed by atoms with Gasteiger partial charge in [0.05, 0.1) is 12.3 Å². The van der Waals surface area contributed by atoms with E-state index in [-0.39, 0.29) is 5.91 Å². The number of rotatable bonds is 5. The highest BCUT2D eigenvalue weighted by Gasteiger charge is 2.40. The normalized spacial score (nSPS) is 18.4. The van der Waals surface area contributed by atoms with Crippen molar-refractivity contribution in [2.24, 2.45) is 0 Å². The van der Waals surface area contributed by atoms with Gasteiger partial charge in [0.25, 0.3) is 5.91 Å². The predicted octanol–water partition coefficient (Wildman–Crippen LogP) is 2.11. The Morgan fingerprint density at radius 2 is 2.18 bits per heavy atom. The van der Waals surface area contributed by atoms with Gasteiger partial charge in [0.1, 0.15) is 17.5 Å². The number of carbonyl (C=O) groups excluding carboxylic acids is 2. The third-order valence-electron chi connectivity index (χ3n) is 3.58. The number of amides is 1. The van der Waals surface area contributed by atoms with Crippen molar-refractivity contribution in [3.8, 4) is 5.75 Å². The first-order chi connectivity index (χ1) is 10.5. The van der Waals surface area contributed by atoms with Crippen LogP contribution in [-0.4, -0.2) is 30.6 Å². The zero-order valence-corrected chi connectivity index (χ0v) is 13.2. The first-order valence-corrected chi connectivity index (χ1v) is 7.56. The van der Waals surface area contributed by atoms with Crippen LogP contribution in [0.15, 0.2) is 18.2 Å². The quantitative estimate of drug-likeness (QED) is 0.665. The third kappa shape index (κ3) is 2.86. The van der Waals surface area contributed by atoms with Crippen LogP contribution in [0.1, 0.15) is 33.6 Å². The molecule has 1 aliphatic heterocycles. The average Bonchev–Trinajstić information content (AvgIpc) is 2.49. The standard InChI is InChI=1S/C16H22N2O4/c1-4-9-21-16(20)12(5-2)18-14-11(17)7-6-8-13(14)22-10(3)15(18)19/h6-8,10,12H,4-5,9,17H2,1-3H3. The van der Waals surface area contributed by atoms with Crippen molar-refractivity contribution in [1.29, 1.82) is 0 Å². The summed E-state index contributed by atoms with van der Waals surface area (Å²) in [4.78, 5) is 26.3. The van der Waals surface area contributed by atoms with Crippen LogP contribution in [0.4, 0.5) is 11.4 Å². The fraction of sp³-hybridized carbons (Fsp3) is 0.500. The van der Waals surface area contributed by atoms with Crippen molar-refractivity contribution in [2.75, 3.05) is 17.2 Å². The van der Waals surface area contributed by atoms with Gasteiger partial charge in [-0.15, -0.1) is 0 Å². The van der Waals surface area contributed by atoms with Crippen molar-refractivity contribution >= 4 is 23.3 Å². The fourth-order valence-electron chi connectivity index (χ4n) is 2.50. The van der Waals surface area contributed by atoms with E-state index in [9.17, 15) is 9.59 Å². The van der Waals surface area contributed by atoms with Gasteiger partial charge in [-0.25, -0.2) is 4.79 Å². The predicted molar refractivity (Wildman–Crippen MR) is 83.8 cm³/mol. The molecule has 1 aliphatic rings. The lowest BCUT2D eigenvalue weighted by molar-refractivity contribution is -0.147. The summed E-state index contributed by atoms with van der Waals surface area (Å²) in [5.41, 5.74) is 6.86. The molecule has 0 spiro atoms. The molecule has 6 heteroatoms. The molecule has 120 valence electrons. The second-order valence-corrected chi connectivity index (χ2v) is 5.25. The summed E-state index contributed by atoms with van der Waals surface area (Å²) in [6.07, 6.45) is 0.505. The maximum Gasteiger partial charge on any atom is 0.329 e. The molecule has 0 aliphatic carbocycles. The zero-order valence-electron chi connectivity index (χ0n) is 13.2. The highest BCUT2D eigenvalue weighted by molar-refractivity contribution is 6.06. The first kappa shape index (κ1) is 16.1. The van der Waals surface area contributed by atoms with Crippen LogP contribution in [0.25, 0.3) is 0 Å². The Hall–Kier alpha value is -2.24. The molecule has 1 aromatic rings. The van der Waals surface area contributed by atoms with E-state index in [1.54, 1.807) is 25.1 Å². The van der Waals surface area contributed by atoms with E-state index in [1.165, 1.54) is 4.90 Å². The Labute approximate surface area is 130 Å².